The molecular formula is C61H41N3S. The summed E-state index contributed by atoms with van der Waals surface area (Å²) in [5, 5.41) is 7.52. The van der Waals surface area contributed by atoms with Crippen LogP contribution < -0.4 is 9.80 Å². The van der Waals surface area contributed by atoms with Crippen molar-refractivity contribution >= 4 is 98.2 Å². The first kappa shape index (κ1) is 36.6. The first-order valence-electron chi connectivity index (χ1n) is 22.5. The van der Waals surface area contributed by atoms with E-state index in [1.165, 1.54) is 86.3 Å². The van der Waals surface area contributed by atoms with Crippen LogP contribution in [-0.4, -0.2) is 4.57 Å². The number of aromatic nitrogens is 1. The fraction of sp³-hybridized carbons (Fsp3) is 0.0492. The Morgan fingerprint density at radius 2 is 0.908 bits per heavy atom. The highest BCUT2D eigenvalue weighted by atomic mass is 32.1. The van der Waals surface area contributed by atoms with Crippen LogP contribution in [0.25, 0.3) is 80.7 Å². The molecule has 8 bridgehead atoms. The molecule has 0 unspecified atom stereocenters. The van der Waals surface area contributed by atoms with E-state index in [-0.39, 0.29) is 5.41 Å². The van der Waals surface area contributed by atoms with Gasteiger partial charge in [-0.2, -0.15) is 0 Å². The van der Waals surface area contributed by atoms with Gasteiger partial charge in [0, 0.05) is 70.2 Å². The van der Waals surface area contributed by atoms with Gasteiger partial charge in [0.25, 0.3) is 0 Å². The first-order valence-corrected chi connectivity index (χ1v) is 23.3. The van der Waals surface area contributed by atoms with Crippen LogP contribution in [0.4, 0.5) is 34.1 Å². The number of hydrogen-bond acceptors (Lipinski definition) is 3. The second kappa shape index (κ2) is 13.5. The Balaban J connectivity index is 1.03. The summed E-state index contributed by atoms with van der Waals surface area (Å²) in [4.78, 5) is 4.96. The summed E-state index contributed by atoms with van der Waals surface area (Å²) in [5.41, 5.74) is 17.8. The number of anilines is 6. The molecule has 14 rings (SSSR count). The second-order valence-electron chi connectivity index (χ2n) is 18.2. The minimum atomic E-state index is -0.174. The molecule has 0 amide bonds. The van der Waals surface area contributed by atoms with Crippen molar-refractivity contribution in [1.29, 1.82) is 0 Å². The normalized spacial score (nSPS) is 13.8. The van der Waals surface area contributed by atoms with Crippen molar-refractivity contribution in [3.05, 3.63) is 223 Å². The molecule has 0 spiro atoms. The summed E-state index contributed by atoms with van der Waals surface area (Å²) in [7, 11) is 0. The molecule has 4 heteroatoms. The lowest BCUT2D eigenvalue weighted by Gasteiger charge is -2.29. The van der Waals surface area contributed by atoms with E-state index in [0.29, 0.717) is 0 Å². The molecule has 12 aromatic rings. The first-order chi connectivity index (χ1) is 32.0. The Morgan fingerprint density at radius 3 is 1.69 bits per heavy atom. The number of hydrogen-bond donors (Lipinski definition) is 0. The SMILES string of the molecule is CC1(C)c2ccc3cc2-c2cc(ccc21)N(c1cccc2c1c1ccccc1n2-c1cccc2ccccc12)c1cccc(c1)-c1cccc(c1)N3c1ccc2c(c1)sc1ccccc12. The maximum absolute atomic E-state index is 2.50. The number of nitrogens with zero attached hydrogens (tertiary/aromatic N) is 3. The molecule has 65 heavy (non-hydrogen) atoms. The largest absolute Gasteiger partial charge is 0.310 e. The van der Waals surface area contributed by atoms with Crippen LogP contribution in [0.2, 0.25) is 0 Å². The van der Waals surface area contributed by atoms with Gasteiger partial charge in [-0.05, 0) is 130 Å². The highest BCUT2D eigenvalue weighted by molar-refractivity contribution is 7.25. The van der Waals surface area contributed by atoms with E-state index < -0.39 is 0 Å². The second-order valence-corrected chi connectivity index (χ2v) is 19.2. The number of fused-ring (bicyclic) bond motifs is 14. The van der Waals surface area contributed by atoms with E-state index in [2.05, 4.69) is 241 Å². The summed E-state index contributed by atoms with van der Waals surface area (Å²) in [5.74, 6) is 0. The zero-order valence-electron chi connectivity index (χ0n) is 36.0. The fourth-order valence-corrected chi connectivity index (χ4v) is 12.4. The van der Waals surface area contributed by atoms with Gasteiger partial charge in [-0.3, -0.25) is 0 Å². The Kier molecular flexibility index (Phi) is 7.62. The maximum atomic E-state index is 2.50. The molecule has 306 valence electrons. The molecule has 3 nitrogen and oxygen atoms in total. The number of para-hydroxylation sites is 1. The van der Waals surface area contributed by atoms with Crippen LogP contribution in [0.1, 0.15) is 25.0 Å². The topological polar surface area (TPSA) is 11.4 Å². The predicted molar refractivity (Wildman–Crippen MR) is 277 cm³/mol. The van der Waals surface area contributed by atoms with Crippen molar-refractivity contribution in [3.8, 4) is 27.9 Å². The molecule has 1 aliphatic carbocycles. The molecule has 2 aromatic heterocycles. The van der Waals surface area contributed by atoms with Crippen molar-refractivity contribution in [1.82, 2.24) is 4.57 Å². The number of rotatable bonds is 3. The van der Waals surface area contributed by atoms with Crippen molar-refractivity contribution in [3.63, 3.8) is 0 Å². The smallest absolute Gasteiger partial charge is 0.0562 e. The average molecular weight is 848 g/mol. The van der Waals surface area contributed by atoms with Gasteiger partial charge in [-0.15, -0.1) is 11.3 Å². The van der Waals surface area contributed by atoms with Crippen molar-refractivity contribution in [2.75, 3.05) is 9.80 Å². The molecule has 1 aliphatic heterocycles. The van der Waals surface area contributed by atoms with Crippen molar-refractivity contribution in [2.45, 2.75) is 19.3 Å². The zero-order valence-corrected chi connectivity index (χ0v) is 36.8. The number of thiophene rings is 1. The van der Waals surface area contributed by atoms with Crippen LogP contribution in [0.3, 0.4) is 0 Å². The third-order valence-electron chi connectivity index (χ3n) is 14.2. The van der Waals surface area contributed by atoms with Gasteiger partial charge in [0.15, 0.2) is 0 Å². The monoisotopic (exact) mass is 847 g/mol. The Labute approximate surface area is 381 Å². The summed E-state index contributed by atoms with van der Waals surface area (Å²) in [6, 6.07) is 79.5. The van der Waals surface area contributed by atoms with Crippen LogP contribution in [-0.2, 0) is 5.41 Å². The zero-order chi connectivity index (χ0) is 43.0. The molecule has 0 radical (unpaired) electrons. The van der Waals surface area contributed by atoms with Crippen LogP contribution in [0, 0.1) is 0 Å². The highest BCUT2D eigenvalue weighted by Crippen LogP contribution is 2.54. The molecule has 0 N–H and O–H groups in total. The van der Waals surface area contributed by atoms with Gasteiger partial charge < -0.3 is 14.4 Å². The minimum absolute atomic E-state index is 0.174. The van der Waals surface area contributed by atoms with Crippen LogP contribution in [0.15, 0.2) is 212 Å². The van der Waals surface area contributed by atoms with E-state index in [1.54, 1.807) is 0 Å². The summed E-state index contributed by atoms with van der Waals surface area (Å²) in [6.45, 7) is 4.76. The molecule has 0 fully saturated rings. The Morgan fingerprint density at radius 1 is 0.369 bits per heavy atom. The summed E-state index contributed by atoms with van der Waals surface area (Å²) < 4.78 is 5.07. The fourth-order valence-electron chi connectivity index (χ4n) is 11.3. The van der Waals surface area contributed by atoms with E-state index in [0.717, 1.165) is 39.7 Å². The lowest BCUT2D eigenvalue weighted by Crippen LogP contribution is -2.16. The molecule has 0 saturated carbocycles. The van der Waals surface area contributed by atoms with Gasteiger partial charge >= 0.3 is 0 Å². The van der Waals surface area contributed by atoms with E-state index in [4.69, 9.17) is 0 Å². The standard InChI is InChI=1S/C61H41N3S/c1-61(2)52-31-28-43-35-50(52)51-36-44(29-32-53(51)61)63(56-24-12-25-57-60(56)49-21-5-7-22-55(49)64(57)54-23-11-14-38-13-3-4-19-46(38)54)42-18-10-16-40(34-42)39-15-9-17-41(33-39)62(43)45-27-30-48-47-20-6-8-26-58(47)65-59(48)37-45/h3-37H,1-2H3. The van der Waals surface area contributed by atoms with Gasteiger partial charge in [0.05, 0.1) is 22.4 Å². The third-order valence-corrected chi connectivity index (χ3v) is 15.4. The van der Waals surface area contributed by atoms with Gasteiger partial charge in [-0.1, -0.05) is 135 Å². The number of benzene rings is 10. The molecule has 0 atom stereocenters. The van der Waals surface area contributed by atoms with Crippen LogP contribution in [0.5, 0.6) is 0 Å². The van der Waals surface area contributed by atoms with Crippen LogP contribution >= 0.6 is 11.3 Å². The van der Waals surface area contributed by atoms with E-state index in [9.17, 15) is 0 Å². The van der Waals surface area contributed by atoms with Crippen molar-refractivity contribution < 1.29 is 0 Å². The summed E-state index contributed by atoms with van der Waals surface area (Å²) in [6.07, 6.45) is 0. The average Bonchev–Trinajstić information content (AvgIpc) is 3.96. The van der Waals surface area contributed by atoms with E-state index >= 15 is 0 Å². The minimum Gasteiger partial charge on any atom is -0.310 e. The molecular weight excluding hydrogens is 807 g/mol. The Bertz CT molecular complexity index is 3960. The lowest BCUT2D eigenvalue weighted by atomic mass is 9.82. The van der Waals surface area contributed by atoms with Gasteiger partial charge in [-0.25, -0.2) is 0 Å². The van der Waals surface area contributed by atoms with Crippen molar-refractivity contribution in [2.24, 2.45) is 0 Å². The predicted octanol–water partition coefficient (Wildman–Crippen LogP) is 17.5. The Hall–Kier alpha value is -7.92. The third kappa shape index (κ3) is 5.29. The quantitative estimate of drug-likeness (QED) is 0.175. The molecule has 10 aromatic carbocycles. The maximum Gasteiger partial charge on any atom is 0.0562 e. The molecule has 3 heterocycles. The van der Waals surface area contributed by atoms with Gasteiger partial charge in [0.1, 0.15) is 0 Å². The van der Waals surface area contributed by atoms with E-state index in [1.807, 2.05) is 11.3 Å². The molecule has 2 aliphatic rings. The lowest BCUT2D eigenvalue weighted by molar-refractivity contribution is 0.660. The highest BCUT2D eigenvalue weighted by Gasteiger charge is 2.37. The van der Waals surface area contributed by atoms with Gasteiger partial charge in [0.2, 0.25) is 0 Å². The summed E-state index contributed by atoms with van der Waals surface area (Å²) >= 11 is 1.87. The molecule has 0 saturated heterocycles.